The van der Waals surface area contributed by atoms with Crippen LogP contribution in [0.1, 0.15) is 128 Å². The quantitative estimate of drug-likeness (QED) is 0.158. The molecule has 0 unspecified atom stereocenters. The Balaban J connectivity index is 3.76. The van der Waals surface area contributed by atoms with Crippen molar-refractivity contribution in [2.45, 2.75) is 148 Å². The fraction of sp³-hybridized carbons (Fsp3) is 0.742. The van der Waals surface area contributed by atoms with Crippen molar-refractivity contribution < 1.29 is 19.4 Å². The molecule has 0 atom stereocenters. The van der Waals surface area contributed by atoms with Crippen LogP contribution in [0.25, 0.3) is 0 Å². The molecule has 0 fully saturated rings. The van der Waals surface area contributed by atoms with Gasteiger partial charge in [-0.2, -0.15) is 0 Å². The second-order valence-electron chi connectivity index (χ2n) is 15.7. The Morgan fingerprint density at radius 2 is 1.16 bits per heavy atom. The van der Waals surface area contributed by atoms with E-state index in [1.807, 2.05) is 17.8 Å². The van der Waals surface area contributed by atoms with Gasteiger partial charge in [0.05, 0.1) is 20.9 Å². The van der Waals surface area contributed by atoms with Crippen LogP contribution in [-0.4, -0.2) is 30.5 Å². The Morgan fingerprint density at radius 3 is 1.51 bits per heavy atom. The zero-order valence-corrected chi connectivity index (χ0v) is 28.2. The molecule has 0 amide bonds. The van der Waals surface area contributed by atoms with Crippen molar-refractivity contribution in [2.24, 2.45) is 0 Å². The van der Waals surface area contributed by atoms with E-state index in [1.54, 1.807) is 0 Å². The van der Waals surface area contributed by atoms with Crippen molar-refractivity contribution in [1.29, 1.82) is 0 Å². The number of carboxylic acid groups (broad SMARTS) is 1. The summed E-state index contributed by atoms with van der Waals surface area (Å²) in [6.07, 6.45) is -0.375. The van der Waals surface area contributed by atoms with E-state index >= 15 is 0 Å². The number of benzene rings is 1. The van der Waals surface area contributed by atoms with Gasteiger partial charge in [0.1, 0.15) is 5.75 Å². The zero-order chi connectivity index (χ0) is 29.4. The summed E-state index contributed by atoms with van der Waals surface area (Å²) in [6.45, 7) is 34.8. The van der Waals surface area contributed by atoms with Crippen LogP contribution in [0.5, 0.6) is 5.75 Å². The fourth-order valence-electron chi connectivity index (χ4n) is 6.53. The Morgan fingerprint density at radius 1 is 0.730 bits per heavy atom. The van der Waals surface area contributed by atoms with Gasteiger partial charge in [0.2, 0.25) is 0 Å². The largest absolute Gasteiger partial charge is 0.481 e. The molecule has 37 heavy (non-hydrogen) atoms. The average Bonchev–Trinajstić information content (AvgIpc) is 2.62. The number of aliphatic carboxylic acids is 1. The molecular formula is C31H54O4SSi. The van der Waals surface area contributed by atoms with Gasteiger partial charge in [0.15, 0.2) is 0 Å². The fourth-order valence-corrected chi connectivity index (χ4v) is 20.7. The van der Waals surface area contributed by atoms with Gasteiger partial charge in [0, 0.05) is 10.5 Å². The Labute approximate surface area is 232 Å². The molecule has 0 heterocycles. The predicted octanol–water partition coefficient (Wildman–Crippen LogP) is 9.53. The third kappa shape index (κ3) is 7.87. The third-order valence-corrected chi connectivity index (χ3v) is 18.4. The van der Waals surface area contributed by atoms with Crippen molar-refractivity contribution in [3.05, 3.63) is 23.3 Å². The number of carbonyl (C=O) groups is 2. The number of carbonyl (C=O) groups excluding carboxylic acids is 1. The minimum Gasteiger partial charge on any atom is -0.481 e. The van der Waals surface area contributed by atoms with Crippen LogP contribution in [0.15, 0.2) is 17.0 Å². The summed E-state index contributed by atoms with van der Waals surface area (Å²) in [7, 11) is -1.97. The van der Waals surface area contributed by atoms with Crippen LogP contribution in [-0.2, 0) is 20.4 Å². The van der Waals surface area contributed by atoms with E-state index in [-0.39, 0.29) is 38.8 Å². The molecule has 1 aromatic rings. The molecule has 0 saturated heterocycles. The van der Waals surface area contributed by atoms with E-state index in [0.717, 1.165) is 16.5 Å². The normalized spacial score (nSPS) is 14.0. The highest BCUT2D eigenvalue weighted by Crippen LogP contribution is 2.63. The minimum atomic E-state index is -1.97. The van der Waals surface area contributed by atoms with Crippen LogP contribution in [0, 0.1) is 0 Å². The van der Waals surface area contributed by atoms with Crippen molar-refractivity contribution in [3.63, 3.8) is 0 Å². The lowest BCUT2D eigenvalue weighted by molar-refractivity contribution is -0.142. The second kappa shape index (κ2) is 11.1. The van der Waals surface area contributed by atoms with E-state index in [4.69, 9.17) is 9.84 Å². The first-order chi connectivity index (χ1) is 16.3. The summed E-state index contributed by atoms with van der Waals surface area (Å²) in [5.41, 5.74) is 1.73. The lowest BCUT2D eigenvalue weighted by Gasteiger charge is -2.59. The van der Waals surface area contributed by atoms with Crippen molar-refractivity contribution >= 4 is 31.8 Å². The molecule has 0 spiro atoms. The van der Waals surface area contributed by atoms with E-state index in [9.17, 15) is 9.59 Å². The van der Waals surface area contributed by atoms with Crippen LogP contribution >= 0.6 is 11.8 Å². The molecule has 0 saturated carbocycles. The van der Waals surface area contributed by atoms with Crippen LogP contribution in [0.4, 0.5) is 0 Å². The van der Waals surface area contributed by atoms with Crippen molar-refractivity contribution in [2.75, 3.05) is 5.38 Å². The molecule has 4 nitrogen and oxygen atoms in total. The summed E-state index contributed by atoms with van der Waals surface area (Å²) >= 11 is 1.98. The van der Waals surface area contributed by atoms with Gasteiger partial charge >= 0.3 is 11.9 Å². The maximum atomic E-state index is 12.5. The number of carboxylic acids is 1. The van der Waals surface area contributed by atoms with Crippen LogP contribution < -0.4 is 4.74 Å². The van der Waals surface area contributed by atoms with Crippen molar-refractivity contribution in [1.82, 2.24) is 0 Å². The van der Waals surface area contributed by atoms with Gasteiger partial charge in [-0.25, -0.2) is 0 Å². The highest BCUT2D eigenvalue weighted by molar-refractivity contribution is 8.01. The number of ether oxygens (including phenoxy) is 1. The molecule has 0 bridgehead atoms. The molecule has 0 aromatic heterocycles. The first-order valence-electron chi connectivity index (χ1n) is 13.5. The number of thioether (sulfide) groups is 1. The van der Waals surface area contributed by atoms with E-state index in [2.05, 4.69) is 110 Å². The molecule has 0 aliphatic rings. The number of rotatable bonds is 7. The monoisotopic (exact) mass is 550 g/mol. The summed E-state index contributed by atoms with van der Waals surface area (Å²) < 4.78 is 5.82. The number of esters is 1. The maximum Gasteiger partial charge on any atom is 0.311 e. The minimum absolute atomic E-state index is 0.142. The first kappa shape index (κ1) is 33.8. The van der Waals surface area contributed by atoms with Gasteiger partial charge in [0.25, 0.3) is 0 Å². The van der Waals surface area contributed by atoms with Crippen LogP contribution in [0.3, 0.4) is 0 Å². The molecule has 0 aliphatic heterocycles. The molecule has 1 aromatic carbocycles. The first-order valence-corrected chi connectivity index (χ1v) is 16.7. The van der Waals surface area contributed by atoms with Gasteiger partial charge in [-0.15, -0.1) is 11.8 Å². The topological polar surface area (TPSA) is 63.6 Å². The molecule has 6 heteroatoms. The molecule has 212 valence electrons. The lowest BCUT2D eigenvalue weighted by Crippen LogP contribution is -2.60. The molecule has 1 rings (SSSR count). The lowest BCUT2D eigenvalue weighted by atomic mass is 9.81. The Kier molecular flexibility index (Phi) is 10.1. The Bertz CT molecular complexity index is 941. The smallest absolute Gasteiger partial charge is 0.311 e. The highest BCUT2D eigenvalue weighted by Gasteiger charge is 2.59. The molecule has 0 aliphatic carbocycles. The maximum absolute atomic E-state index is 12.5. The summed E-state index contributed by atoms with van der Waals surface area (Å²) in [5, 5.41) is 10.7. The van der Waals surface area contributed by atoms with Gasteiger partial charge in [-0.3, -0.25) is 9.59 Å². The van der Waals surface area contributed by atoms with E-state index in [1.165, 1.54) is 4.90 Å². The molecule has 1 N–H and O–H groups in total. The highest BCUT2D eigenvalue weighted by atomic mass is 32.2. The number of hydrogen-bond donors (Lipinski definition) is 1. The zero-order valence-electron chi connectivity index (χ0n) is 26.4. The summed E-state index contributed by atoms with van der Waals surface area (Å²) in [6, 6.07) is 4.27. The van der Waals surface area contributed by atoms with Crippen molar-refractivity contribution in [3.8, 4) is 5.75 Å². The predicted molar refractivity (Wildman–Crippen MR) is 162 cm³/mol. The van der Waals surface area contributed by atoms with Gasteiger partial charge in [-0.1, -0.05) is 104 Å². The van der Waals surface area contributed by atoms with E-state index in [0.29, 0.717) is 5.75 Å². The summed E-state index contributed by atoms with van der Waals surface area (Å²) in [4.78, 5) is 24.8. The standard InChI is InChI=1S/C31H54O4SSi/c1-27(2,3)21-19-24(36-20-37(29(7,8)9,30(10,11)12)31(13,14)15)22(28(4,5)6)18-23(21)35-26(34)17-16-25(32)33/h18-19H,16-17,20H2,1-15H3,(H,32,33). The van der Waals surface area contributed by atoms with Gasteiger partial charge < -0.3 is 9.84 Å². The molecule has 0 radical (unpaired) electrons. The van der Waals surface area contributed by atoms with Crippen LogP contribution in [0.2, 0.25) is 15.1 Å². The SMILES string of the molecule is CC(C)(C)c1cc(SC[Si](C(C)(C)C)(C(C)(C)C)C(C)(C)C)c(C(C)(C)C)cc1OC(=O)CCC(=O)O. The average molecular weight is 551 g/mol. The van der Waals surface area contributed by atoms with E-state index < -0.39 is 20.0 Å². The summed E-state index contributed by atoms with van der Waals surface area (Å²) in [5.74, 6) is -0.963. The van der Waals surface area contributed by atoms with Gasteiger partial charge in [-0.05, 0) is 49.0 Å². The third-order valence-electron chi connectivity index (χ3n) is 7.75. The number of hydrogen-bond acceptors (Lipinski definition) is 4. The second-order valence-corrected chi connectivity index (χ2v) is 23.9. The Hall–Kier alpha value is -1.27. The molecular weight excluding hydrogens is 496 g/mol.